The first-order valence-electron chi connectivity index (χ1n) is 7.23. The monoisotopic (exact) mass is 301 g/mol. The van der Waals surface area contributed by atoms with Gasteiger partial charge in [-0.05, 0) is 29.7 Å². The van der Waals surface area contributed by atoms with Gasteiger partial charge in [0.2, 0.25) is 0 Å². The molecule has 0 saturated carbocycles. The topological polar surface area (TPSA) is 41.3 Å². The van der Waals surface area contributed by atoms with Gasteiger partial charge in [0.1, 0.15) is 0 Å². The molecule has 3 N–H and O–H groups in total. The summed E-state index contributed by atoms with van der Waals surface area (Å²) in [4.78, 5) is 2.11. The van der Waals surface area contributed by atoms with Gasteiger partial charge in [0.15, 0.2) is 0 Å². The highest BCUT2D eigenvalue weighted by Crippen LogP contribution is 2.36. The van der Waals surface area contributed by atoms with Gasteiger partial charge in [-0.25, -0.2) is 0 Å². The summed E-state index contributed by atoms with van der Waals surface area (Å²) in [7, 11) is 0. The van der Waals surface area contributed by atoms with Crippen molar-refractivity contribution in [3.05, 3.63) is 29.3 Å². The Morgan fingerprint density at radius 1 is 1.19 bits per heavy atom. The van der Waals surface area contributed by atoms with Gasteiger partial charge in [-0.15, -0.1) is 0 Å². The Hall–Kier alpha value is -1.27. The van der Waals surface area contributed by atoms with E-state index < -0.39 is 17.8 Å². The Labute approximate surface area is 123 Å². The van der Waals surface area contributed by atoms with Crippen LogP contribution >= 0.6 is 0 Å². The van der Waals surface area contributed by atoms with Gasteiger partial charge in [-0.3, -0.25) is 0 Å². The van der Waals surface area contributed by atoms with Gasteiger partial charge in [0, 0.05) is 37.9 Å². The minimum absolute atomic E-state index is 0.0788. The second-order valence-corrected chi connectivity index (χ2v) is 5.78. The number of nitrogens with zero attached hydrogens (tertiary/aromatic N) is 1. The fourth-order valence-corrected chi connectivity index (χ4v) is 2.55. The average Bonchev–Trinajstić information content (AvgIpc) is 2.45. The molecule has 1 atom stereocenters. The van der Waals surface area contributed by atoms with E-state index in [-0.39, 0.29) is 5.92 Å². The summed E-state index contributed by atoms with van der Waals surface area (Å²) in [5.74, 6) is 0.0788. The molecule has 0 amide bonds. The molecule has 21 heavy (non-hydrogen) atoms. The Morgan fingerprint density at radius 2 is 1.81 bits per heavy atom. The Balaban J connectivity index is 2.43. The quantitative estimate of drug-likeness (QED) is 0.902. The zero-order valence-electron chi connectivity index (χ0n) is 12.4. The van der Waals surface area contributed by atoms with E-state index in [1.165, 1.54) is 6.07 Å². The number of alkyl halides is 3. The summed E-state index contributed by atoms with van der Waals surface area (Å²) in [6.07, 6.45) is -4.34. The van der Waals surface area contributed by atoms with E-state index in [1.807, 2.05) is 13.8 Å². The van der Waals surface area contributed by atoms with Crippen LogP contribution in [0.1, 0.15) is 31.0 Å². The molecule has 0 spiro atoms. The van der Waals surface area contributed by atoms with Crippen molar-refractivity contribution in [1.82, 2.24) is 5.32 Å². The van der Waals surface area contributed by atoms with Gasteiger partial charge in [0.05, 0.1) is 5.56 Å². The lowest BCUT2D eigenvalue weighted by molar-refractivity contribution is -0.137. The average molecular weight is 301 g/mol. The molecule has 1 aromatic carbocycles. The highest BCUT2D eigenvalue weighted by atomic mass is 19.4. The lowest BCUT2D eigenvalue weighted by Crippen LogP contribution is -2.44. The van der Waals surface area contributed by atoms with Crippen LogP contribution in [0.3, 0.4) is 0 Å². The number of nitrogens with one attached hydrogen (secondary N) is 1. The van der Waals surface area contributed by atoms with Gasteiger partial charge < -0.3 is 16.0 Å². The number of anilines is 1. The minimum Gasteiger partial charge on any atom is -0.369 e. The summed E-state index contributed by atoms with van der Waals surface area (Å²) >= 11 is 0. The van der Waals surface area contributed by atoms with Crippen molar-refractivity contribution in [3.63, 3.8) is 0 Å². The lowest BCUT2D eigenvalue weighted by atomic mass is 9.93. The number of halogens is 3. The predicted molar refractivity (Wildman–Crippen MR) is 78.3 cm³/mol. The largest absolute Gasteiger partial charge is 0.416 e. The highest BCUT2D eigenvalue weighted by molar-refractivity contribution is 5.57. The van der Waals surface area contributed by atoms with Crippen LogP contribution in [-0.4, -0.2) is 26.2 Å². The molecule has 0 aromatic heterocycles. The first-order valence-corrected chi connectivity index (χ1v) is 7.23. The third kappa shape index (κ3) is 3.68. The fourth-order valence-electron chi connectivity index (χ4n) is 2.55. The van der Waals surface area contributed by atoms with Crippen molar-refractivity contribution >= 4 is 5.69 Å². The predicted octanol–water partition coefficient (Wildman–Crippen LogP) is 2.77. The van der Waals surface area contributed by atoms with E-state index in [0.717, 1.165) is 37.9 Å². The van der Waals surface area contributed by atoms with E-state index in [0.29, 0.717) is 5.56 Å². The van der Waals surface area contributed by atoms with Crippen molar-refractivity contribution < 1.29 is 13.2 Å². The van der Waals surface area contributed by atoms with Crippen LogP contribution in [0.2, 0.25) is 0 Å². The van der Waals surface area contributed by atoms with Gasteiger partial charge in [0.25, 0.3) is 0 Å². The Bertz CT molecular complexity index is 480. The molecule has 1 fully saturated rings. The molecule has 6 heteroatoms. The first-order chi connectivity index (χ1) is 9.80. The molecule has 1 aliphatic heterocycles. The number of rotatable bonds is 3. The molecule has 3 nitrogen and oxygen atoms in total. The zero-order valence-corrected chi connectivity index (χ0v) is 12.4. The molecule has 1 aromatic rings. The molecule has 1 aliphatic rings. The minimum atomic E-state index is -4.34. The normalized spacial score (nSPS) is 18.1. The summed E-state index contributed by atoms with van der Waals surface area (Å²) in [6, 6.07) is 3.51. The molecule has 2 rings (SSSR count). The van der Waals surface area contributed by atoms with Crippen molar-refractivity contribution in [1.29, 1.82) is 0 Å². The molecule has 0 bridgehead atoms. The first kappa shape index (κ1) is 16.1. The molecular formula is C15H22F3N3. The van der Waals surface area contributed by atoms with Gasteiger partial charge in [-0.2, -0.15) is 13.2 Å². The molecule has 1 saturated heterocycles. The maximum atomic E-state index is 12.9. The van der Waals surface area contributed by atoms with Crippen LogP contribution in [0.15, 0.2) is 18.2 Å². The molecule has 1 heterocycles. The van der Waals surface area contributed by atoms with E-state index in [4.69, 9.17) is 5.73 Å². The van der Waals surface area contributed by atoms with Crippen molar-refractivity contribution in [2.45, 2.75) is 26.1 Å². The molecular weight excluding hydrogens is 279 g/mol. The summed E-state index contributed by atoms with van der Waals surface area (Å²) < 4.78 is 38.8. The highest BCUT2D eigenvalue weighted by Gasteiger charge is 2.32. The van der Waals surface area contributed by atoms with Crippen molar-refractivity contribution in [2.24, 2.45) is 11.7 Å². The Kier molecular flexibility index (Phi) is 4.78. The summed E-state index contributed by atoms with van der Waals surface area (Å²) in [6.45, 7) is 7.07. The van der Waals surface area contributed by atoms with Crippen molar-refractivity contribution in [2.75, 3.05) is 31.1 Å². The second kappa shape index (κ2) is 6.23. The van der Waals surface area contributed by atoms with Gasteiger partial charge >= 0.3 is 6.18 Å². The third-order valence-electron chi connectivity index (χ3n) is 3.89. The maximum absolute atomic E-state index is 12.9. The van der Waals surface area contributed by atoms with E-state index in [9.17, 15) is 13.2 Å². The lowest BCUT2D eigenvalue weighted by Gasteiger charge is -2.33. The number of hydrogen-bond donors (Lipinski definition) is 2. The number of piperazine rings is 1. The van der Waals surface area contributed by atoms with Crippen LogP contribution in [0, 0.1) is 5.92 Å². The Morgan fingerprint density at radius 3 is 2.33 bits per heavy atom. The summed E-state index contributed by atoms with van der Waals surface area (Å²) in [5.41, 5.74) is 6.93. The SMILES string of the molecule is CC(C)C(N)c1cc(C(F)(F)F)ccc1N1CCNCC1. The number of nitrogens with two attached hydrogens (primary N) is 1. The molecule has 118 valence electrons. The third-order valence-corrected chi connectivity index (χ3v) is 3.89. The maximum Gasteiger partial charge on any atom is 0.416 e. The van der Waals surface area contributed by atoms with Gasteiger partial charge in [-0.1, -0.05) is 13.8 Å². The van der Waals surface area contributed by atoms with Crippen LogP contribution in [0.5, 0.6) is 0 Å². The summed E-state index contributed by atoms with van der Waals surface area (Å²) in [5, 5.41) is 3.24. The van der Waals surface area contributed by atoms with Crippen molar-refractivity contribution in [3.8, 4) is 0 Å². The molecule has 0 radical (unpaired) electrons. The molecule has 1 unspecified atom stereocenters. The fraction of sp³-hybridized carbons (Fsp3) is 0.600. The van der Waals surface area contributed by atoms with E-state index in [2.05, 4.69) is 10.2 Å². The van der Waals surface area contributed by atoms with E-state index >= 15 is 0 Å². The standard InChI is InChI=1S/C15H22F3N3/c1-10(2)14(19)12-9-11(15(16,17)18)3-4-13(12)21-7-5-20-6-8-21/h3-4,9-10,14,20H,5-8,19H2,1-2H3. The molecule has 0 aliphatic carbocycles. The van der Waals surface area contributed by atoms with Crippen LogP contribution in [0.25, 0.3) is 0 Å². The van der Waals surface area contributed by atoms with Crippen LogP contribution in [0.4, 0.5) is 18.9 Å². The zero-order chi connectivity index (χ0) is 15.6. The smallest absolute Gasteiger partial charge is 0.369 e. The number of benzene rings is 1. The van der Waals surface area contributed by atoms with Crippen LogP contribution < -0.4 is 16.0 Å². The van der Waals surface area contributed by atoms with Crippen LogP contribution in [-0.2, 0) is 6.18 Å². The number of hydrogen-bond acceptors (Lipinski definition) is 3. The van der Waals surface area contributed by atoms with E-state index in [1.54, 1.807) is 6.07 Å². The second-order valence-electron chi connectivity index (χ2n) is 5.78.